The molecule has 1 N–H and O–H groups in total. The average Bonchev–Trinajstić information content (AvgIpc) is 2.75. The smallest absolute Gasteiger partial charge is 0.243 e. The van der Waals surface area contributed by atoms with Crippen LogP contribution in [0.15, 0.2) is 29.2 Å². The Bertz CT molecular complexity index is 537. The molecule has 1 unspecified atom stereocenters. The number of sulfonamides is 1. The molecule has 5 nitrogen and oxygen atoms in total. The van der Waals surface area contributed by atoms with E-state index in [4.69, 9.17) is 4.74 Å². The first-order valence-corrected chi connectivity index (χ1v) is 8.32. The van der Waals surface area contributed by atoms with Crippen LogP contribution in [0, 0.1) is 0 Å². The molecule has 1 saturated heterocycles. The molecule has 0 aromatic heterocycles. The minimum Gasteiger partial charge on any atom is -0.497 e. The Kier molecular flexibility index (Phi) is 5.01. The predicted molar refractivity (Wildman–Crippen MR) is 78.5 cm³/mol. The Labute approximate surface area is 121 Å². The van der Waals surface area contributed by atoms with Gasteiger partial charge in [0.15, 0.2) is 0 Å². The van der Waals surface area contributed by atoms with E-state index in [1.165, 1.54) is 11.4 Å². The van der Waals surface area contributed by atoms with Crippen molar-refractivity contribution in [2.24, 2.45) is 0 Å². The summed E-state index contributed by atoms with van der Waals surface area (Å²) in [5.41, 5.74) is 0. The van der Waals surface area contributed by atoms with E-state index in [9.17, 15) is 8.42 Å². The van der Waals surface area contributed by atoms with E-state index in [1.54, 1.807) is 31.3 Å². The van der Waals surface area contributed by atoms with Crippen molar-refractivity contribution in [1.82, 2.24) is 9.62 Å². The molecule has 1 fully saturated rings. The summed E-state index contributed by atoms with van der Waals surface area (Å²) in [5, 5.41) is 3.30. The van der Waals surface area contributed by atoms with Crippen LogP contribution < -0.4 is 10.1 Å². The van der Waals surface area contributed by atoms with Crippen LogP contribution >= 0.6 is 0 Å². The van der Waals surface area contributed by atoms with Gasteiger partial charge in [0.2, 0.25) is 10.0 Å². The fraction of sp³-hybridized carbons (Fsp3) is 0.571. The van der Waals surface area contributed by atoms with Crippen LogP contribution in [0.2, 0.25) is 0 Å². The van der Waals surface area contributed by atoms with Crippen LogP contribution in [0.3, 0.4) is 0 Å². The highest BCUT2D eigenvalue weighted by Crippen LogP contribution is 2.24. The van der Waals surface area contributed by atoms with Gasteiger partial charge in [-0.25, -0.2) is 8.42 Å². The maximum Gasteiger partial charge on any atom is 0.243 e. The molecule has 1 aromatic carbocycles. The van der Waals surface area contributed by atoms with Crippen molar-refractivity contribution in [2.45, 2.75) is 30.2 Å². The van der Waals surface area contributed by atoms with Crippen molar-refractivity contribution in [3.63, 3.8) is 0 Å². The molecule has 0 amide bonds. The summed E-state index contributed by atoms with van der Waals surface area (Å²) in [6.07, 6.45) is 2.75. The lowest BCUT2D eigenvalue weighted by molar-refractivity contribution is 0.341. The number of rotatable bonds is 4. The van der Waals surface area contributed by atoms with Crippen molar-refractivity contribution in [3.8, 4) is 5.75 Å². The van der Waals surface area contributed by atoms with Gasteiger partial charge in [0.05, 0.1) is 12.0 Å². The third-order valence-corrected chi connectivity index (χ3v) is 5.68. The van der Waals surface area contributed by atoms with Crippen molar-refractivity contribution in [1.29, 1.82) is 0 Å². The molecule has 1 aromatic rings. The van der Waals surface area contributed by atoms with Gasteiger partial charge in [-0.05, 0) is 44.5 Å². The zero-order chi connectivity index (χ0) is 14.6. The molecule has 112 valence electrons. The Morgan fingerprint density at radius 3 is 2.85 bits per heavy atom. The maximum absolute atomic E-state index is 12.7. The third kappa shape index (κ3) is 3.31. The Morgan fingerprint density at radius 2 is 2.10 bits per heavy atom. The summed E-state index contributed by atoms with van der Waals surface area (Å²) >= 11 is 0. The van der Waals surface area contributed by atoms with E-state index in [0.717, 1.165) is 32.4 Å². The van der Waals surface area contributed by atoms with E-state index in [0.29, 0.717) is 5.75 Å². The van der Waals surface area contributed by atoms with Crippen molar-refractivity contribution < 1.29 is 13.2 Å². The summed E-state index contributed by atoms with van der Waals surface area (Å²) in [7, 11) is -0.256. The SMILES string of the molecule is COc1cccc(S(=O)(=O)N(C)C2CCCNCC2)c1. The summed E-state index contributed by atoms with van der Waals surface area (Å²) < 4.78 is 31.9. The number of methoxy groups -OCH3 is 1. The highest BCUT2D eigenvalue weighted by atomic mass is 32.2. The third-order valence-electron chi connectivity index (χ3n) is 3.78. The second-order valence-electron chi connectivity index (χ2n) is 5.03. The van der Waals surface area contributed by atoms with Crippen LogP contribution in [0.4, 0.5) is 0 Å². The van der Waals surface area contributed by atoms with Crippen LogP contribution in [0.25, 0.3) is 0 Å². The van der Waals surface area contributed by atoms with Gasteiger partial charge in [0, 0.05) is 19.2 Å². The lowest BCUT2D eigenvalue weighted by Crippen LogP contribution is -2.37. The molecule has 1 heterocycles. The van der Waals surface area contributed by atoms with E-state index in [2.05, 4.69) is 5.32 Å². The van der Waals surface area contributed by atoms with Gasteiger partial charge in [-0.2, -0.15) is 4.31 Å². The molecule has 1 aliphatic heterocycles. The lowest BCUT2D eigenvalue weighted by Gasteiger charge is -2.26. The summed E-state index contributed by atoms with van der Waals surface area (Å²) in [6, 6.07) is 6.69. The molecule has 0 bridgehead atoms. The Hall–Kier alpha value is -1.11. The van der Waals surface area contributed by atoms with Gasteiger partial charge in [-0.3, -0.25) is 0 Å². The number of hydrogen-bond acceptors (Lipinski definition) is 4. The largest absolute Gasteiger partial charge is 0.497 e. The zero-order valence-corrected chi connectivity index (χ0v) is 12.8. The molecule has 20 heavy (non-hydrogen) atoms. The minimum atomic E-state index is -3.46. The number of nitrogens with zero attached hydrogens (tertiary/aromatic N) is 1. The Balaban J connectivity index is 2.23. The second-order valence-corrected chi connectivity index (χ2v) is 7.03. The summed E-state index contributed by atoms with van der Waals surface area (Å²) in [6.45, 7) is 1.83. The van der Waals surface area contributed by atoms with E-state index in [1.807, 2.05) is 0 Å². The van der Waals surface area contributed by atoms with Gasteiger partial charge < -0.3 is 10.1 Å². The van der Waals surface area contributed by atoms with Gasteiger partial charge in [0.1, 0.15) is 5.75 Å². The van der Waals surface area contributed by atoms with Crippen molar-refractivity contribution in [3.05, 3.63) is 24.3 Å². The standard InChI is InChI=1S/C14H22N2O3S/c1-16(12-5-4-9-15-10-8-12)20(17,18)14-7-3-6-13(11-14)19-2/h3,6-7,11-12,15H,4-5,8-10H2,1-2H3. The highest BCUT2D eigenvalue weighted by Gasteiger charge is 2.28. The van der Waals surface area contributed by atoms with Crippen LogP contribution in [-0.2, 0) is 10.0 Å². The maximum atomic E-state index is 12.7. The van der Waals surface area contributed by atoms with Crippen molar-refractivity contribution >= 4 is 10.0 Å². The first-order chi connectivity index (χ1) is 9.55. The molecule has 0 aliphatic carbocycles. The molecule has 1 atom stereocenters. The van der Waals surface area contributed by atoms with Crippen LogP contribution in [0.1, 0.15) is 19.3 Å². The number of benzene rings is 1. The molecule has 2 rings (SSSR count). The highest BCUT2D eigenvalue weighted by molar-refractivity contribution is 7.89. The summed E-state index contributed by atoms with van der Waals surface area (Å²) in [4.78, 5) is 0.288. The van der Waals surface area contributed by atoms with Crippen LogP contribution in [0.5, 0.6) is 5.75 Å². The molecule has 6 heteroatoms. The number of ether oxygens (including phenoxy) is 1. The lowest BCUT2D eigenvalue weighted by atomic mass is 10.1. The van der Waals surface area contributed by atoms with Crippen LogP contribution in [-0.4, -0.2) is 46.0 Å². The summed E-state index contributed by atoms with van der Waals surface area (Å²) in [5.74, 6) is 0.557. The van der Waals surface area contributed by atoms with E-state index < -0.39 is 10.0 Å². The zero-order valence-electron chi connectivity index (χ0n) is 12.0. The van der Waals surface area contributed by atoms with E-state index >= 15 is 0 Å². The minimum absolute atomic E-state index is 0.0567. The Morgan fingerprint density at radius 1 is 1.30 bits per heavy atom. The quantitative estimate of drug-likeness (QED) is 0.914. The molecule has 1 aliphatic rings. The van der Waals surface area contributed by atoms with Gasteiger partial charge >= 0.3 is 0 Å². The van der Waals surface area contributed by atoms with Gasteiger partial charge in [-0.15, -0.1) is 0 Å². The normalized spacial score (nSPS) is 20.6. The van der Waals surface area contributed by atoms with E-state index in [-0.39, 0.29) is 10.9 Å². The fourth-order valence-electron chi connectivity index (χ4n) is 2.49. The first kappa shape index (κ1) is 15.3. The number of hydrogen-bond donors (Lipinski definition) is 1. The van der Waals surface area contributed by atoms with Crippen molar-refractivity contribution in [2.75, 3.05) is 27.2 Å². The number of nitrogens with one attached hydrogen (secondary N) is 1. The second kappa shape index (κ2) is 6.56. The van der Waals surface area contributed by atoms with Gasteiger partial charge in [0.25, 0.3) is 0 Å². The molecule has 0 radical (unpaired) electrons. The predicted octanol–water partition coefficient (Wildman–Crippen LogP) is 1.46. The molecular formula is C14H22N2O3S. The first-order valence-electron chi connectivity index (χ1n) is 6.88. The molecular weight excluding hydrogens is 276 g/mol. The average molecular weight is 298 g/mol. The monoisotopic (exact) mass is 298 g/mol. The fourth-order valence-corrected chi connectivity index (χ4v) is 3.94. The molecule has 0 spiro atoms. The van der Waals surface area contributed by atoms with Gasteiger partial charge in [-0.1, -0.05) is 6.07 Å². The topological polar surface area (TPSA) is 58.6 Å². The molecule has 0 saturated carbocycles.